The number of benzene rings is 3. The van der Waals surface area contributed by atoms with E-state index in [1.165, 1.54) is 5.56 Å². The topological polar surface area (TPSA) is 68.5 Å². The fourth-order valence-corrected chi connectivity index (χ4v) is 3.50. The molecule has 32 heavy (non-hydrogen) atoms. The Labute approximate surface area is 186 Å². The number of nitrogens with one attached hydrogen (secondary N) is 1. The van der Waals surface area contributed by atoms with Crippen LogP contribution in [0.15, 0.2) is 88.1 Å². The molecule has 0 aliphatic carbocycles. The van der Waals surface area contributed by atoms with Gasteiger partial charge in [0.05, 0.1) is 5.56 Å². The van der Waals surface area contributed by atoms with Gasteiger partial charge in [-0.1, -0.05) is 56.3 Å². The van der Waals surface area contributed by atoms with Crippen molar-refractivity contribution in [1.29, 1.82) is 0 Å². The fraction of sp³-hybridized carbons (Fsp3) is 0.185. The van der Waals surface area contributed by atoms with Crippen molar-refractivity contribution in [2.75, 3.05) is 11.9 Å². The number of hydrogen-bond donors (Lipinski definition) is 1. The first-order chi connectivity index (χ1) is 15.5. The summed E-state index contributed by atoms with van der Waals surface area (Å²) < 4.78 is 11.0. The van der Waals surface area contributed by atoms with Crippen molar-refractivity contribution in [3.63, 3.8) is 0 Å². The van der Waals surface area contributed by atoms with Gasteiger partial charge in [-0.25, -0.2) is 4.79 Å². The first-order valence-electron chi connectivity index (χ1n) is 10.7. The van der Waals surface area contributed by atoms with E-state index in [-0.39, 0.29) is 12.5 Å². The predicted octanol–water partition coefficient (Wildman–Crippen LogP) is 5.99. The molecule has 0 aliphatic rings. The highest BCUT2D eigenvalue weighted by atomic mass is 16.5. The SMILES string of the molecule is CC[C@@H](C)c1ccc(OCC(=O)Nc2cccc(-c3cc4ccccc4oc3=O)c2)cc1. The third kappa shape index (κ3) is 4.89. The molecule has 0 saturated carbocycles. The van der Waals surface area contributed by atoms with Gasteiger partial charge in [0.2, 0.25) is 0 Å². The van der Waals surface area contributed by atoms with Crippen molar-refractivity contribution < 1.29 is 13.9 Å². The summed E-state index contributed by atoms with van der Waals surface area (Å²) in [6.45, 7) is 4.23. The average Bonchev–Trinajstić information content (AvgIpc) is 2.82. The molecule has 3 aromatic carbocycles. The molecule has 4 rings (SSSR count). The Kier molecular flexibility index (Phi) is 6.36. The molecule has 1 amide bonds. The third-order valence-corrected chi connectivity index (χ3v) is 5.53. The second kappa shape index (κ2) is 9.52. The van der Waals surface area contributed by atoms with Crippen molar-refractivity contribution >= 4 is 22.6 Å². The van der Waals surface area contributed by atoms with Crippen LogP contribution in [0.2, 0.25) is 0 Å². The zero-order valence-corrected chi connectivity index (χ0v) is 18.1. The summed E-state index contributed by atoms with van der Waals surface area (Å²) in [7, 11) is 0. The largest absolute Gasteiger partial charge is 0.484 e. The monoisotopic (exact) mass is 427 g/mol. The van der Waals surface area contributed by atoms with Crippen LogP contribution in [-0.4, -0.2) is 12.5 Å². The number of ether oxygens (including phenoxy) is 1. The summed E-state index contributed by atoms with van der Waals surface area (Å²) in [5.41, 5.74) is 3.06. The maximum Gasteiger partial charge on any atom is 0.344 e. The normalized spacial score (nSPS) is 11.8. The highest BCUT2D eigenvalue weighted by molar-refractivity contribution is 5.92. The Morgan fingerprint density at radius 2 is 1.78 bits per heavy atom. The molecule has 0 spiro atoms. The minimum absolute atomic E-state index is 0.106. The second-order valence-corrected chi connectivity index (χ2v) is 7.78. The predicted molar refractivity (Wildman–Crippen MR) is 127 cm³/mol. The van der Waals surface area contributed by atoms with E-state index in [1.807, 2.05) is 48.5 Å². The number of anilines is 1. The lowest BCUT2D eigenvalue weighted by Gasteiger charge is -2.11. The van der Waals surface area contributed by atoms with Crippen LogP contribution in [0.5, 0.6) is 5.75 Å². The quantitative estimate of drug-likeness (QED) is 0.368. The van der Waals surface area contributed by atoms with Gasteiger partial charge < -0.3 is 14.5 Å². The van der Waals surface area contributed by atoms with Gasteiger partial charge in [0.1, 0.15) is 11.3 Å². The molecule has 5 nitrogen and oxygen atoms in total. The van der Waals surface area contributed by atoms with Gasteiger partial charge in [0.15, 0.2) is 6.61 Å². The lowest BCUT2D eigenvalue weighted by molar-refractivity contribution is -0.118. The van der Waals surface area contributed by atoms with Crippen LogP contribution in [0.25, 0.3) is 22.1 Å². The molecule has 1 N–H and O–H groups in total. The van der Waals surface area contributed by atoms with E-state index in [4.69, 9.17) is 9.15 Å². The first kappa shape index (κ1) is 21.4. The van der Waals surface area contributed by atoms with E-state index in [0.29, 0.717) is 34.1 Å². The Morgan fingerprint density at radius 1 is 1.00 bits per heavy atom. The zero-order valence-electron chi connectivity index (χ0n) is 18.1. The molecule has 1 atom stereocenters. The van der Waals surface area contributed by atoms with E-state index in [9.17, 15) is 9.59 Å². The number of amides is 1. The lowest BCUT2D eigenvalue weighted by Crippen LogP contribution is -2.20. The van der Waals surface area contributed by atoms with E-state index < -0.39 is 5.63 Å². The van der Waals surface area contributed by atoms with Crippen LogP contribution in [0.3, 0.4) is 0 Å². The van der Waals surface area contributed by atoms with E-state index in [1.54, 1.807) is 30.3 Å². The highest BCUT2D eigenvalue weighted by Crippen LogP contribution is 2.24. The molecule has 5 heteroatoms. The number of para-hydroxylation sites is 1. The van der Waals surface area contributed by atoms with E-state index in [2.05, 4.69) is 19.2 Å². The van der Waals surface area contributed by atoms with Crippen LogP contribution >= 0.6 is 0 Å². The van der Waals surface area contributed by atoms with Gasteiger partial charge >= 0.3 is 5.63 Å². The summed E-state index contributed by atoms with van der Waals surface area (Å²) in [5, 5.41) is 3.66. The number of rotatable bonds is 7. The Bertz CT molecular complexity index is 1290. The van der Waals surface area contributed by atoms with Gasteiger partial charge in [-0.05, 0) is 59.9 Å². The van der Waals surface area contributed by atoms with Crippen molar-refractivity contribution in [2.24, 2.45) is 0 Å². The van der Waals surface area contributed by atoms with E-state index >= 15 is 0 Å². The van der Waals surface area contributed by atoms with Crippen molar-refractivity contribution in [3.05, 3.63) is 94.8 Å². The summed E-state index contributed by atoms with van der Waals surface area (Å²) in [6, 6.07) is 24.1. The second-order valence-electron chi connectivity index (χ2n) is 7.78. The van der Waals surface area contributed by atoms with Crippen LogP contribution < -0.4 is 15.7 Å². The molecule has 162 valence electrons. The molecule has 4 aromatic rings. The standard InChI is InChI=1S/C27H25NO4/c1-3-18(2)19-11-13-23(14-12-19)31-17-26(29)28-22-9-6-8-20(15-22)24-16-21-7-4-5-10-25(21)32-27(24)30/h4-16,18H,3,17H2,1-2H3,(H,28,29)/t18-/m1/s1. The Morgan fingerprint density at radius 3 is 2.56 bits per heavy atom. The number of hydrogen-bond acceptors (Lipinski definition) is 4. The first-order valence-corrected chi connectivity index (χ1v) is 10.7. The number of fused-ring (bicyclic) bond motifs is 1. The smallest absolute Gasteiger partial charge is 0.344 e. The summed E-state index contributed by atoms with van der Waals surface area (Å²) in [5.74, 6) is 0.859. The van der Waals surface area contributed by atoms with Crippen molar-refractivity contribution in [2.45, 2.75) is 26.2 Å². The molecule has 0 saturated heterocycles. The average molecular weight is 428 g/mol. The van der Waals surface area contributed by atoms with E-state index in [0.717, 1.165) is 11.8 Å². The van der Waals surface area contributed by atoms with Gasteiger partial charge in [0.25, 0.3) is 5.91 Å². The number of carbonyl (C=O) groups excluding carboxylic acids is 1. The third-order valence-electron chi connectivity index (χ3n) is 5.53. The summed E-state index contributed by atoms with van der Waals surface area (Å²) in [6.07, 6.45) is 1.07. The maximum atomic E-state index is 12.4. The van der Waals surface area contributed by atoms with Crippen LogP contribution in [0.4, 0.5) is 5.69 Å². The van der Waals surface area contributed by atoms with Gasteiger partial charge in [-0.2, -0.15) is 0 Å². The Balaban J connectivity index is 1.43. The van der Waals surface area contributed by atoms with Crippen LogP contribution in [-0.2, 0) is 4.79 Å². The molecular formula is C27H25NO4. The molecule has 1 heterocycles. The van der Waals surface area contributed by atoms with Crippen LogP contribution in [0, 0.1) is 0 Å². The van der Waals surface area contributed by atoms with Gasteiger partial charge in [-0.15, -0.1) is 0 Å². The molecule has 0 fully saturated rings. The maximum absolute atomic E-state index is 12.4. The molecule has 0 unspecified atom stereocenters. The van der Waals surface area contributed by atoms with Gasteiger partial charge in [-0.3, -0.25) is 4.79 Å². The molecule has 0 aliphatic heterocycles. The molecule has 0 bridgehead atoms. The molecule has 1 aromatic heterocycles. The summed E-state index contributed by atoms with van der Waals surface area (Å²) >= 11 is 0. The van der Waals surface area contributed by atoms with Crippen LogP contribution in [0.1, 0.15) is 31.7 Å². The zero-order chi connectivity index (χ0) is 22.5. The number of carbonyl (C=O) groups is 1. The van der Waals surface area contributed by atoms with Crippen molar-refractivity contribution in [3.8, 4) is 16.9 Å². The fourth-order valence-electron chi connectivity index (χ4n) is 3.50. The minimum atomic E-state index is -0.420. The molecule has 0 radical (unpaired) electrons. The van der Waals surface area contributed by atoms with Crippen molar-refractivity contribution in [1.82, 2.24) is 0 Å². The highest BCUT2D eigenvalue weighted by Gasteiger charge is 2.10. The molecular weight excluding hydrogens is 402 g/mol. The Hall–Kier alpha value is -3.86. The van der Waals surface area contributed by atoms with Gasteiger partial charge in [0, 0.05) is 11.1 Å². The summed E-state index contributed by atoms with van der Waals surface area (Å²) in [4.78, 5) is 24.8. The minimum Gasteiger partial charge on any atom is -0.484 e. The lowest BCUT2D eigenvalue weighted by atomic mass is 9.99.